The van der Waals surface area contributed by atoms with Crippen LogP contribution in [0.5, 0.6) is 5.75 Å². The lowest BCUT2D eigenvalue weighted by Crippen LogP contribution is -2.36. The number of para-hydroxylation sites is 1. The van der Waals surface area contributed by atoms with Crippen molar-refractivity contribution in [1.82, 2.24) is 9.55 Å². The number of rotatable bonds is 4. The molecule has 0 atom stereocenters. The lowest BCUT2D eigenvalue weighted by Gasteiger charge is -2.07. The van der Waals surface area contributed by atoms with Crippen molar-refractivity contribution >= 4 is 11.6 Å². The van der Waals surface area contributed by atoms with Gasteiger partial charge in [0.2, 0.25) is 0 Å². The molecule has 94 valence electrons. The van der Waals surface area contributed by atoms with Gasteiger partial charge in [-0.05, 0) is 12.1 Å². The molecule has 1 N–H and O–H groups in total. The summed E-state index contributed by atoms with van der Waals surface area (Å²) in [5, 5.41) is 0.0326. The smallest absolute Gasteiger partial charge is 0.329 e. The lowest BCUT2D eigenvalue weighted by molar-refractivity contribution is 0.293. The molecule has 0 aliphatic heterocycles. The molecule has 0 unspecified atom stereocenters. The van der Waals surface area contributed by atoms with Crippen LogP contribution in [0.1, 0.15) is 0 Å². The Morgan fingerprint density at radius 2 is 1.94 bits per heavy atom. The summed E-state index contributed by atoms with van der Waals surface area (Å²) in [6.45, 7) is 0.398. The van der Waals surface area contributed by atoms with Gasteiger partial charge in [-0.25, -0.2) is 4.79 Å². The van der Waals surface area contributed by atoms with E-state index in [-0.39, 0.29) is 18.3 Å². The molecule has 0 fully saturated rings. The SMILES string of the molecule is O=c1cc(Cl)[nH]c(=O)n1CCOc1ccccc1. The summed E-state index contributed by atoms with van der Waals surface area (Å²) in [6, 6.07) is 10.3. The lowest BCUT2D eigenvalue weighted by atomic mass is 10.3. The highest BCUT2D eigenvalue weighted by Gasteiger charge is 2.03. The average Bonchev–Trinajstić information content (AvgIpc) is 2.34. The van der Waals surface area contributed by atoms with Gasteiger partial charge in [0.05, 0.1) is 6.54 Å². The molecule has 2 aromatic rings. The van der Waals surface area contributed by atoms with Crippen LogP contribution in [0.25, 0.3) is 0 Å². The number of halogens is 1. The van der Waals surface area contributed by atoms with Gasteiger partial charge < -0.3 is 4.74 Å². The van der Waals surface area contributed by atoms with Crippen LogP contribution in [-0.2, 0) is 6.54 Å². The molecule has 0 saturated carbocycles. The van der Waals surface area contributed by atoms with Crippen molar-refractivity contribution in [2.45, 2.75) is 6.54 Å². The Bertz CT molecular complexity index is 603. The van der Waals surface area contributed by atoms with E-state index in [9.17, 15) is 9.59 Å². The van der Waals surface area contributed by atoms with E-state index in [2.05, 4.69) is 4.98 Å². The molecule has 18 heavy (non-hydrogen) atoms. The van der Waals surface area contributed by atoms with E-state index >= 15 is 0 Å². The summed E-state index contributed by atoms with van der Waals surface area (Å²) in [4.78, 5) is 25.3. The zero-order valence-corrected chi connectivity index (χ0v) is 10.2. The molecular formula is C12H11ClN2O3. The second kappa shape index (κ2) is 5.55. The first-order valence-corrected chi connectivity index (χ1v) is 5.72. The normalized spacial score (nSPS) is 10.3. The largest absolute Gasteiger partial charge is 0.492 e. The zero-order chi connectivity index (χ0) is 13.0. The predicted molar refractivity (Wildman–Crippen MR) is 68.3 cm³/mol. The standard InChI is InChI=1S/C12H11ClN2O3/c13-10-8-11(16)15(12(17)14-10)6-7-18-9-4-2-1-3-5-9/h1-5,8H,6-7H2,(H,14,17). The number of ether oxygens (including phenoxy) is 1. The van der Waals surface area contributed by atoms with Crippen LogP contribution in [-0.4, -0.2) is 16.2 Å². The fourth-order valence-corrected chi connectivity index (χ4v) is 1.65. The molecule has 5 nitrogen and oxygen atoms in total. The monoisotopic (exact) mass is 266 g/mol. The third-order valence-corrected chi connectivity index (χ3v) is 2.52. The van der Waals surface area contributed by atoms with E-state index in [1.165, 1.54) is 0 Å². The number of hydrogen-bond donors (Lipinski definition) is 1. The van der Waals surface area contributed by atoms with E-state index in [1.54, 1.807) is 12.1 Å². The third kappa shape index (κ3) is 3.01. The van der Waals surface area contributed by atoms with Gasteiger partial charge in [0.25, 0.3) is 5.56 Å². The Kier molecular flexibility index (Phi) is 3.84. The van der Waals surface area contributed by atoms with Gasteiger partial charge in [-0.2, -0.15) is 0 Å². The summed E-state index contributed by atoms with van der Waals surface area (Å²) in [5.41, 5.74) is -0.982. The first-order chi connectivity index (χ1) is 8.66. The number of H-pyrrole nitrogens is 1. The van der Waals surface area contributed by atoms with E-state index < -0.39 is 11.2 Å². The highest BCUT2D eigenvalue weighted by Crippen LogP contribution is 2.07. The molecule has 2 rings (SSSR count). The summed E-state index contributed by atoms with van der Waals surface area (Å²) < 4.78 is 6.44. The maximum Gasteiger partial charge on any atom is 0.329 e. The molecule has 1 heterocycles. The van der Waals surface area contributed by atoms with Gasteiger partial charge in [0, 0.05) is 6.07 Å². The van der Waals surface area contributed by atoms with E-state index in [0.29, 0.717) is 5.75 Å². The number of aromatic nitrogens is 2. The molecule has 0 radical (unpaired) electrons. The molecule has 6 heteroatoms. The quantitative estimate of drug-likeness (QED) is 0.848. The van der Waals surface area contributed by atoms with E-state index in [4.69, 9.17) is 16.3 Å². The summed E-state index contributed by atoms with van der Waals surface area (Å²) in [6.07, 6.45) is 0. The minimum atomic E-state index is -0.538. The molecule has 1 aromatic carbocycles. The van der Waals surface area contributed by atoms with Crippen LogP contribution in [0.2, 0.25) is 5.15 Å². The van der Waals surface area contributed by atoms with Crippen LogP contribution >= 0.6 is 11.6 Å². The number of nitrogens with zero attached hydrogens (tertiary/aromatic N) is 1. The van der Waals surface area contributed by atoms with Gasteiger partial charge >= 0.3 is 5.69 Å². The average molecular weight is 267 g/mol. The first kappa shape index (κ1) is 12.4. The van der Waals surface area contributed by atoms with Crippen molar-refractivity contribution in [3.63, 3.8) is 0 Å². The van der Waals surface area contributed by atoms with Crippen molar-refractivity contribution in [2.75, 3.05) is 6.61 Å². The second-order valence-electron chi connectivity index (χ2n) is 3.57. The van der Waals surface area contributed by atoms with Crippen LogP contribution in [0, 0.1) is 0 Å². The molecule has 0 spiro atoms. The molecule has 0 amide bonds. The Balaban J connectivity index is 2.04. The first-order valence-electron chi connectivity index (χ1n) is 5.34. The zero-order valence-electron chi connectivity index (χ0n) is 9.43. The molecule has 0 saturated heterocycles. The van der Waals surface area contributed by atoms with Crippen molar-refractivity contribution in [2.24, 2.45) is 0 Å². The van der Waals surface area contributed by atoms with Crippen LogP contribution < -0.4 is 16.0 Å². The fraction of sp³-hybridized carbons (Fsp3) is 0.167. The second-order valence-corrected chi connectivity index (χ2v) is 3.98. The van der Waals surface area contributed by atoms with Crippen molar-refractivity contribution in [1.29, 1.82) is 0 Å². The highest BCUT2D eigenvalue weighted by atomic mass is 35.5. The maximum absolute atomic E-state index is 11.5. The molecule has 0 aliphatic rings. The fourth-order valence-electron chi connectivity index (χ4n) is 1.48. The van der Waals surface area contributed by atoms with Crippen LogP contribution in [0.15, 0.2) is 46.0 Å². The van der Waals surface area contributed by atoms with Crippen molar-refractivity contribution in [3.8, 4) is 5.75 Å². The number of hydrogen-bond acceptors (Lipinski definition) is 3. The number of nitrogens with one attached hydrogen (secondary N) is 1. The molecular weight excluding hydrogens is 256 g/mol. The van der Waals surface area contributed by atoms with Gasteiger partial charge in [-0.3, -0.25) is 14.3 Å². The molecule has 1 aromatic heterocycles. The van der Waals surface area contributed by atoms with Crippen LogP contribution in [0.4, 0.5) is 0 Å². The summed E-state index contributed by atoms with van der Waals surface area (Å²) in [5.74, 6) is 0.691. The third-order valence-electron chi connectivity index (χ3n) is 2.31. The van der Waals surface area contributed by atoms with E-state index in [0.717, 1.165) is 10.6 Å². The Morgan fingerprint density at radius 1 is 1.22 bits per heavy atom. The van der Waals surface area contributed by atoms with Crippen molar-refractivity contribution < 1.29 is 4.74 Å². The van der Waals surface area contributed by atoms with Gasteiger partial charge in [0.1, 0.15) is 17.5 Å². The minimum Gasteiger partial charge on any atom is -0.492 e. The molecule has 0 bridgehead atoms. The van der Waals surface area contributed by atoms with Crippen molar-refractivity contribution in [3.05, 3.63) is 62.4 Å². The maximum atomic E-state index is 11.5. The summed E-state index contributed by atoms with van der Waals surface area (Å²) in [7, 11) is 0. The Morgan fingerprint density at radius 3 is 2.61 bits per heavy atom. The predicted octanol–water partition coefficient (Wildman–Crippen LogP) is 1.27. The number of aromatic amines is 1. The molecule has 0 aliphatic carbocycles. The van der Waals surface area contributed by atoms with E-state index in [1.807, 2.05) is 18.2 Å². The minimum absolute atomic E-state index is 0.0326. The van der Waals surface area contributed by atoms with Gasteiger partial charge in [-0.15, -0.1) is 0 Å². The Labute approximate surface area is 108 Å². The van der Waals surface area contributed by atoms with Crippen LogP contribution in [0.3, 0.4) is 0 Å². The Hall–Kier alpha value is -2.01. The number of benzene rings is 1. The summed E-state index contributed by atoms with van der Waals surface area (Å²) >= 11 is 5.55. The van der Waals surface area contributed by atoms with Gasteiger partial charge in [-0.1, -0.05) is 29.8 Å². The van der Waals surface area contributed by atoms with Gasteiger partial charge in [0.15, 0.2) is 0 Å². The topological polar surface area (TPSA) is 64.1 Å². The highest BCUT2D eigenvalue weighted by molar-refractivity contribution is 6.29.